The molecule has 224 valence electrons. The predicted octanol–water partition coefficient (Wildman–Crippen LogP) is 6.46. The molecule has 0 unspecified atom stereocenters. The second-order valence-electron chi connectivity index (χ2n) is 10.4. The van der Waals surface area contributed by atoms with Gasteiger partial charge in [0.25, 0.3) is 0 Å². The van der Waals surface area contributed by atoms with Gasteiger partial charge in [-0.25, -0.2) is 9.18 Å². The molecule has 6 nitrogen and oxygen atoms in total. The normalized spacial score (nSPS) is 13.5. The van der Waals surface area contributed by atoms with Crippen LogP contribution in [0.5, 0.6) is 11.5 Å². The Morgan fingerprint density at radius 1 is 0.909 bits per heavy atom. The van der Waals surface area contributed by atoms with Gasteiger partial charge in [0.05, 0.1) is 19.8 Å². The maximum Gasteiger partial charge on any atom is 0.341 e. The van der Waals surface area contributed by atoms with Crippen molar-refractivity contribution in [1.29, 1.82) is 0 Å². The zero-order valence-electron chi connectivity index (χ0n) is 24.6. The average Bonchev–Trinajstić information content (AvgIpc) is 3.04. The van der Waals surface area contributed by atoms with Crippen LogP contribution in [-0.4, -0.2) is 62.0 Å². The number of aliphatic carboxylic acids is 1. The maximum atomic E-state index is 13.7. The summed E-state index contributed by atoms with van der Waals surface area (Å²) in [5, 5.41) is 8.85. The first-order valence-electron chi connectivity index (χ1n) is 14.5. The summed E-state index contributed by atoms with van der Waals surface area (Å²) in [5.74, 6) is 6.32. The molecule has 1 aliphatic heterocycles. The van der Waals surface area contributed by atoms with Gasteiger partial charge >= 0.3 is 5.97 Å². The maximum absolute atomic E-state index is 13.7. The molecule has 7 heteroatoms. The van der Waals surface area contributed by atoms with Crippen LogP contribution in [0.25, 0.3) is 16.7 Å². The van der Waals surface area contributed by atoms with Gasteiger partial charge in [-0.05, 0) is 88.9 Å². The summed E-state index contributed by atoms with van der Waals surface area (Å²) < 4.78 is 30.4. The molecule has 0 amide bonds. The molecule has 0 aliphatic carbocycles. The fourth-order valence-electron chi connectivity index (χ4n) is 4.87. The monoisotopic (exact) mass is 591 g/mol. The lowest BCUT2D eigenvalue weighted by Crippen LogP contribution is -2.36. The van der Waals surface area contributed by atoms with Gasteiger partial charge in [-0.2, -0.15) is 0 Å². The Bertz CT molecular complexity index is 1650. The molecule has 1 fully saturated rings. The van der Waals surface area contributed by atoms with Crippen LogP contribution in [0.2, 0.25) is 0 Å². The number of hydrogen-bond acceptors (Lipinski definition) is 5. The highest BCUT2D eigenvalue weighted by Gasteiger charge is 2.10. The minimum atomic E-state index is -1.03. The molecule has 1 saturated heterocycles. The Labute approximate surface area is 257 Å². The standard InChI is InChI=1S/C37H34FNO5/c1-27-25-34(16-17-36(27)44-26-37(40)41)43-22-18-35(32-12-14-33(38)15-13-32)31-10-8-30(9-11-31)29-6-4-28(5-7-29)3-2-19-39-20-23-42-24-21-39/h4-18,25H,19-24,26H2,1H3,(H,40,41)/b35-18+. The number of rotatable bonds is 10. The van der Waals surface area contributed by atoms with E-state index in [2.05, 4.69) is 53.1 Å². The zero-order valence-corrected chi connectivity index (χ0v) is 24.6. The molecule has 5 rings (SSSR count). The molecular formula is C37H34FNO5. The number of halogens is 1. The van der Waals surface area contributed by atoms with Crippen LogP contribution >= 0.6 is 0 Å². The van der Waals surface area contributed by atoms with Crippen molar-refractivity contribution in [3.05, 3.63) is 125 Å². The summed E-state index contributed by atoms with van der Waals surface area (Å²) in [7, 11) is 0. The second-order valence-corrected chi connectivity index (χ2v) is 10.4. The molecule has 4 aromatic rings. The fourth-order valence-corrected chi connectivity index (χ4v) is 4.87. The number of morpholine rings is 1. The summed E-state index contributed by atoms with van der Waals surface area (Å²) in [5.41, 5.74) is 6.70. The molecule has 4 aromatic carbocycles. The van der Waals surface area contributed by atoms with Gasteiger partial charge in [-0.1, -0.05) is 60.4 Å². The van der Waals surface area contributed by atoms with Crippen LogP contribution in [0.3, 0.4) is 0 Å². The van der Waals surface area contributed by atoms with Crippen molar-refractivity contribution >= 4 is 11.5 Å². The zero-order chi connectivity index (χ0) is 30.7. The average molecular weight is 592 g/mol. The van der Waals surface area contributed by atoms with Gasteiger partial charge < -0.3 is 19.3 Å². The quantitative estimate of drug-likeness (QED) is 0.214. The molecule has 44 heavy (non-hydrogen) atoms. The molecule has 0 atom stereocenters. The van der Waals surface area contributed by atoms with Crippen LogP contribution in [0.15, 0.2) is 97.1 Å². The van der Waals surface area contributed by atoms with Crippen LogP contribution < -0.4 is 9.47 Å². The van der Waals surface area contributed by atoms with Gasteiger partial charge in [0.2, 0.25) is 0 Å². The third-order valence-corrected chi connectivity index (χ3v) is 7.24. The van der Waals surface area contributed by atoms with Crippen LogP contribution in [-0.2, 0) is 9.53 Å². The molecular weight excluding hydrogens is 557 g/mol. The number of ether oxygens (including phenoxy) is 3. The van der Waals surface area contributed by atoms with Gasteiger partial charge in [-0.15, -0.1) is 0 Å². The molecule has 1 aliphatic rings. The first-order valence-corrected chi connectivity index (χ1v) is 14.5. The number of carboxylic acid groups (broad SMARTS) is 1. The molecule has 0 spiro atoms. The van der Waals surface area contributed by atoms with E-state index in [-0.39, 0.29) is 12.4 Å². The van der Waals surface area contributed by atoms with Gasteiger partial charge in [0.1, 0.15) is 23.9 Å². The van der Waals surface area contributed by atoms with Crippen molar-refractivity contribution in [2.45, 2.75) is 6.92 Å². The Balaban J connectivity index is 1.28. The highest BCUT2D eigenvalue weighted by Crippen LogP contribution is 2.28. The summed E-state index contributed by atoms with van der Waals surface area (Å²) in [6.45, 7) is 5.85. The van der Waals surface area contributed by atoms with E-state index in [0.29, 0.717) is 11.5 Å². The lowest BCUT2D eigenvalue weighted by molar-refractivity contribution is -0.139. The van der Waals surface area contributed by atoms with Crippen molar-refractivity contribution < 1.29 is 28.5 Å². The summed E-state index contributed by atoms with van der Waals surface area (Å²) in [4.78, 5) is 13.1. The van der Waals surface area contributed by atoms with Crippen LogP contribution in [0, 0.1) is 24.6 Å². The lowest BCUT2D eigenvalue weighted by Gasteiger charge is -2.24. The second kappa shape index (κ2) is 15.0. The molecule has 1 heterocycles. The van der Waals surface area contributed by atoms with E-state index >= 15 is 0 Å². The van der Waals surface area contributed by atoms with Gasteiger partial charge in [0, 0.05) is 18.7 Å². The predicted molar refractivity (Wildman–Crippen MR) is 169 cm³/mol. The first kappa shape index (κ1) is 30.6. The van der Waals surface area contributed by atoms with E-state index in [4.69, 9.17) is 19.3 Å². The van der Waals surface area contributed by atoms with Gasteiger partial charge in [-0.3, -0.25) is 4.90 Å². The number of benzene rings is 4. The van der Waals surface area contributed by atoms with E-state index in [9.17, 15) is 9.18 Å². The number of hydrogen-bond donors (Lipinski definition) is 1. The van der Waals surface area contributed by atoms with Crippen molar-refractivity contribution in [3.8, 4) is 34.5 Å². The summed E-state index contributed by atoms with van der Waals surface area (Å²) in [6.07, 6.45) is 1.97. The minimum Gasteiger partial charge on any atom is -0.489 e. The molecule has 0 saturated carbocycles. The number of carbonyl (C=O) groups is 1. The van der Waals surface area contributed by atoms with E-state index in [1.807, 2.05) is 25.1 Å². The largest absolute Gasteiger partial charge is 0.489 e. The number of aryl methyl sites for hydroxylation is 1. The Hall–Kier alpha value is -4.90. The van der Waals surface area contributed by atoms with E-state index < -0.39 is 12.6 Å². The minimum absolute atomic E-state index is 0.275. The summed E-state index contributed by atoms with van der Waals surface area (Å²) >= 11 is 0. The van der Waals surface area contributed by atoms with E-state index in [1.54, 1.807) is 30.3 Å². The number of nitrogens with zero attached hydrogens (tertiary/aromatic N) is 1. The SMILES string of the molecule is Cc1cc(OC/C=C(/c2ccc(F)cc2)c2ccc(-c3ccc(C#CCN4CCOCC4)cc3)cc2)ccc1OCC(=O)O. The highest BCUT2D eigenvalue weighted by atomic mass is 19.1. The third kappa shape index (κ3) is 8.57. The van der Waals surface area contributed by atoms with Crippen LogP contribution in [0.1, 0.15) is 22.3 Å². The van der Waals surface area contributed by atoms with Crippen molar-refractivity contribution in [1.82, 2.24) is 4.90 Å². The lowest BCUT2D eigenvalue weighted by atomic mass is 9.95. The topological polar surface area (TPSA) is 68.2 Å². The van der Waals surface area contributed by atoms with Crippen molar-refractivity contribution in [2.75, 3.05) is 46.1 Å². The van der Waals surface area contributed by atoms with Crippen LogP contribution in [0.4, 0.5) is 4.39 Å². The van der Waals surface area contributed by atoms with E-state index in [1.165, 1.54) is 12.1 Å². The fraction of sp³-hybridized carbons (Fsp3) is 0.216. The molecule has 0 aromatic heterocycles. The first-order chi connectivity index (χ1) is 21.4. The Morgan fingerprint density at radius 2 is 1.55 bits per heavy atom. The number of carboxylic acids is 1. The summed E-state index contributed by atoms with van der Waals surface area (Å²) in [6, 6.07) is 28.2. The molecule has 0 bridgehead atoms. The van der Waals surface area contributed by atoms with E-state index in [0.717, 1.165) is 71.8 Å². The smallest absolute Gasteiger partial charge is 0.341 e. The molecule has 0 radical (unpaired) electrons. The van der Waals surface area contributed by atoms with Crippen molar-refractivity contribution in [2.24, 2.45) is 0 Å². The molecule has 1 N–H and O–H groups in total. The third-order valence-electron chi connectivity index (χ3n) is 7.24. The van der Waals surface area contributed by atoms with Crippen molar-refractivity contribution in [3.63, 3.8) is 0 Å². The Morgan fingerprint density at radius 3 is 2.18 bits per heavy atom. The van der Waals surface area contributed by atoms with Gasteiger partial charge in [0.15, 0.2) is 6.61 Å². The Kier molecular flexibility index (Phi) is 10.4. The highest BCUT2D eigenvalue weighted by molar-refractivity contribution is 5.81.